The topological polar surface area (TPSA) is 52.0 Å². The number of aryl methyl sites for hydroxylation is 1. The SMILES string of the molecule is CNCC1CCN(c2nccc(C)c2C#N)CC1. The van der Waals surface area contributed by atoms with Crippen molar-refractivity contribution in [1.82, 2.24) is 10.3 Å². The van der Waals surface area contributed by atoms with Crippen LogP contribution in [0.3, 0.4) is 0 Å². The monoisotopic (exact) mass is 244 g/mol. The Hall–Kier alpha value is -1.60. The number of hydrogen-bond acceptors (Lipinski definition) is 4. The molecule has 1 aliphatic rings. The van der Waals surface area contributed by atoms with Crippen LogP contribution in [-0.4, -0.2) is 31.7 Å². The molecular formula is C14H20N4. The normalized spacial score (nSPS) is 16.6. The zero-order valence-electron chi connectivity index (χ0n) is 11.1. The third-order valence-corrected chi connectivity index (χ3v) is 3.66. The van der Waals surface area contributed by atoms with Crippen LogP contribution in [0.4, 0.5) is 5.82 Å². The van der Waals surface area contributed by atoms with Crippen molar-refractivity contribution in [2.24, 2.45) is 5.92 Å². The van der Waals surface area contributed by atoms with Crippen molar-refractivity contribution in [3.63, 3.8) is 0 Å². The van der Waals surface area contributed by atoms with E-state index in [9.17, 15) is 5.26 Å². The lowest BCUT2D eigenvalue weighted by molar-refractivity contribution is 0.392. The molecule has 2 rings (SSSR count). The summed E-state index contributed by atoms with van der Waals surface area (Å²) in [6.07, 6.45) is 4.13. The second-order valence-electron chi connectivity index (χ2n) is 4.93. The first kappa shape index (κ1) is 12.8. The predicted molar refractivity (Wildman–Crippen MR) is 72.6 cm³/mol. The van der Waals surface area contributed by atoms with Gasteiger partial charge in [-0.1, -0.05) is 0 Å². The minimum atomic E-state index is 0.726. The molecule has 1 aromatic rings. The van der Waals surface area contributed by atoms with Crippen LogP contribution in [-0.2, 0) is 0 Å². The maximum atomic E-state index is 9.24. The van der Waals surface area contributed by atoms with Gasteiger partial charge in [0.15, 0.2) is 0 Å². The van der Waals surface area contributed by atoms with Gasteiger partial charge in [0.2, 0.25) is 0 Å². The molecule has 1 saturated heterocycles. The number of hydrogen-bond donors (Lipinski definition) is 1. The molecule has 4 nitrogen and oxygen atoms in total. The summed E-state index contributed by atoms with van der Waals surface area (Å²) in [6, 6.07) is 4.18. The molecule has 1 N–H and O–H groups in total. The van der Waals surface area contributed by atoms with E-state index in [2.05, 4.69) is 21.3 Å². The Kier molecular flexibility index (Phi) is 4.16. The summed E-state index contributed by atoms with van der Waals surface area (Å²) in [5.41, 5.74) is 1.74. The molecule has 0 radical (unpaired) electrons. The molecule has 0 saturated carbocycles. The van der Waals surface area contributed by atoms with Gasteiger partial charge in [0, 0.05) is 19.3 Å². The van der Waals surface area contributed by atoms with Gasteiger partial charge in [-0.15, -0.1) is 0 Å². The summed E-state index contributed by atoms with van der Waals surface area (Å²) < 4.78 is 0. The zero-order valence-corrected chi connectivity index (χ0v) is 11.1. The van der Waals surface area contributed by atoms with Crippen LogP contribution in [0, 0.1) is 24.2 Å². The van der Waals surface area contributed by atoms with Crippen LogP contribution in [0.2, 0.25) is 0 Å². The van der Waals surface area contributed by atoms with Crippen LogP contribution in [0.5, 0.6) is 0 Å². The second-order valence-corrected chi connectivity index (χ2v) is 4.93. The maximum absolute atomic E-state index is 9.24. The van der Waals surface area contributed by atoms with Crippen molar-refractivity contribution in [3.05, 3.63) is 23.4 Å². The standard InChI is InChI=1S/C14H20N4/c1-11-3-6-17-14(13(11)9-15)18-7-4-12(5-8-18)10-16-2/h3,6,12,16H,4-5,7-8,10H2,1-2H3. The summed E-state index contributed by atoms with van der Waals surface area (Å²) in [5.74, 6) is 1.61. The molecule has 1 fully saturated rings. The minimum Gasteiger partial charge on any atom is -0.355 e. The zero-order chi connectivity index (χ0) is 13.0. The molecule has 1 aliphatic heterocycles. The fraction of sp³-hybridized carbons (Fsp3) is 0.571. The van der Waals surface area contributed by atoms with Gasteiger partial charge in [-0.25, -0.2) is 4.98 Å². The summed E-state index contributed by atoms with van der Waals surface area (Å²) in [6.45, 7) is 5.05. The highest BCUT2D eigenvalue weighted by atomic mass is 15.2. The summed E-state index contributed by atoms with van der Waals surface area (Å²) >= 11 is 0. The maximum Gasteiger partial charge on any atom is 0.146 e. The lowest BCUT2D eigenvalue weighted by Gasteiger charge is -2.33. The second kappa shape index (κ2) is 5.83. The Bertz CT molecular complexity index is 442. The highest BCUT2D eigenvalue weighted by Crippen LogP contribution is 2.25. The summed E-state index contributed by atoms with van der Waals surface area (Å²) in [4.78, 5) is 6.64. The summed E-state index contributed by atoms with van der Waals surface area (Å²) in [5, 5.41) is 12.5. The van der Waals surface area contributed by atoms with Crippen LogP contribution >= 0.6 is 0 Å². The van der Waals surface area contributed by atoms with E-state index in [1.54, 1.807) is 6.20 Å². The van der Waals surface area contributed by atoms with E-state index in [0.717, 1.165) is 42.5 Å². The molecule has 0 atom stereocenters. The average Bonchev–Trinajstić information content (AvgIpc) is 2.40. The van der Waals surface area contributed by atoms with Gasteiger partial charge in [0.1, 0.15) is 11.9 Å². The highest BCUT2D eigenvalue weighted by Gasteiger charge is 2.21. The van der Waals surface area contributed by atoms with E-state index >= 15 is 0 Å². The molecule has 4 heteroatoms. The average molecular weight is 244 g/mol. The molecule has 0 unspecified atom stereocenters. The molecule has 0 bridgehead atoms. The number of nitrogens with zero attached hydrogens (tertiary/aromatic N) is 3. The van der Waals surface area contributed by atoms with Gasteiger partial charge in [-0.3, -0.25) is 0 Å². The van der Waals surface area contributed by atoms with Crippen molar-refractivity contribution in [2.75, 3.05) is 31.6 Å². The largest absolute Gasteiger partial charge is 0.355 e. The first-order chi connectivity index (χ1) is 8.76. The Balaban J connectivity index is 2.10. The van der Waals surface area contributed by atoms with E-state index in [1.165, 1.54) is 12.8 Å². The van der Waals surface area contributed by atoms with Gasteiger partial charge in [0.25, 0.3) is 0 Å². The van der Waals surface area contributed by atoms with Crippen LogP contribution in [0.25, 0.3) is 0 Å². The minimum absolute atomic E-state index is 0.726. The smallest absolute Gasteiger partial charge is 0.146 e. The Morgan fingerprint density at radius 3 is 2.83 bits per heavy atom. The first-order valence-corrected chi connectivity index (χ1v) is 6.51. The molecule has 0 spiro atoms. The predicted octanol–water partition coefficient (Wildman–Crippen LogP) is 1.70. The number of rotatable bonds is 3. The molecule has 1 aromatic heterocycles. The van der Waals surface area contributed by atoms with Crippen molar-refractivity contribution < 1.29 is 0 Å². The number of nitrogens with one attached hydrogen (secondary N) is 1. The quantitative estimate of drug-likeness (QED) is 0.879. The van der Waals surface area contributed by atoms with Gasteiger partial charge >= 0.3 is 0 Å². The molecular weight excluding hydrogens is 224 g/mol. The van der Waals surface area contributed by atoms with Crippen LogP contribution in [0.15, 0.2) is 12.3 Å². The van der Waals surface area contributed by atoms with E-state index < -0.39 is 0 Å². The molecule has 2 heterocycles. The molecule has 0 amide bonds. The highest BCUT2D eigenvalue weighted by molar-refractivity contribution is 5.57. The number of piperidine rings is 1. The number of nitriles is 1. The lowest BCUT2D eigenvalue weighted by atomic mass is 9.96. The van der Waals surface area contributed by atoms with Crippen molar-refractivity contribution in [3.8, 4) is 6.07 Å². The molecule has 0 aliphatic carbocycles. The molecule has 96 valence electrons. The van der Waals surface area contributed by atoms with Gasteiger partial charge < -0.3 is 10.2 Å². The number of anilines is 1. The van der Waals surface area contributed by atoms with Gasteiger partial charge in [0.05, 0.1) is 5.56 Å². The fourth-order valence-electron chi connectivity index (χ4n) is 2.56. The molecule has 18 heavy (non-hydrogen) atoms. The fourth-order valence-corrected chi connectivity index (χ4v) is 2.56. The Morgan fingerprint density at radius 2 is 2.22 bits per heavy atom. The summed E-state index contributed by atoms with van der Waals surface area (Å²) in [7, 11) is 2.00. The van der Waals surface area contributed by atoms with Crippen molar-refractivity contribution in [1.29, 1.82) is 5.26 Å². The third-order valence-electron chi connectivity index (χ3n) is 3.66. The van der Waals surface area contributed by atoms with Gasteiger partial charge in [-0.2, -0.15) is 5.26 Å². The Morgan fingerprint density at radius 1 is 1.50 bits per heavy atom. The van der Waals surface area contributed by atoms with Crippen LogP contribution in [0.1, 0.15) is 24.0 Å². The number of pyridine rings is 1. The van der Waals surface area contributed by atoms with E-state index in [0.29, 0.717) is 0 Å². The van der Waals surface area contributed by atoms with E-state index in [4.69, 9.17) is 0 Å². The third kappa shape index (κ3) is 2.62. The number of aromatic nitrogens is 1. The van der Waals surface area contributed by atoms with Crippen LogP contribution < -0.4 is 10.2 Å². The Labute approximate surface area is 109 Å². The van der Waals surface area contributed by atoms with E-state index in [-0.39, 0.29) is 0 Å². The van der Waals surface area contributed by atoms with Crippen molar-refractivity contribution in [2.45, 2.75) is 19.8 Å². The van der Waals surface area contributed by atoms with Crippen molar-refractivity contribution >= 4 is 5.82 Å². The van der Waals surface area contributed by atoms with E-state index in [1.807, 2.05) is 20.0 Å². The lowest BCUT2D eigenvalue weighted by Crippen LogP contribution is -2.37. The van der Waals surface area contributed by atoms with Gasteiger partial charge in [-0.05, 0) is 50.9 Å². The first-order valence-electron chi connectivity index (χ1n) is 6.51. The molecule has 0 aromatic carbocycles.